The van der Waals surface area contributed by atoms with Gasteiger partial charge in [-0.05, 0) is 37.5 Å². The third kappa shape index (κ3) is 3.09. The van der Waals surface area contributed by atoms with Gasteiger partial charge in [-0.3, -0.25) is 0 Å². The predicted octanol–water partition coefficient (Wildman–Crippen LogP) is 2.59. The lowest BCUT2D eigenvalue weighted by atomic mass is 10.2. The van der Waals surface area contributed by atoms with Gasteiger partial charge < -0.3 is 0 Å². The summed E-state index contributed by atoms with van der Waals surface area (Å²) in [6, 6.07) is 7.00. The van der Waals surface area contributed by atoms with Gasteiger partial charge in [-0.1, -0.05) is 34.5 Å². The second-order valence-electron chi connectivity index (χ2n) is 4.49. The van der Waals surface area contributed by atoms with Crippen molar-refractivity contribution in [3.8, 4) is 0 Å². The number of hydrogen-bond donors (Lipinski definition) is 1. The molecule has 1 N–H and O–H groups in total. The van der Waals surface area contributed by atoms with E-state index in [0.29, 0.717) is 4.90 Å². The van der Waals surface area contributed by atoms with E-state index in [9.17, 15) is 8.42 Å². The van der Waals surface area contributed by atoms with Gasteiger partial charge in [-0.2, -0.15) is 0 Å². The molecule has 5 heteroatoms. The van der Waals surface area contributed by atoms with E-state index in [4.69, 9.17) is 0 Å². The number of alkyl halides is 1. The van der Waals surface area contributed by atoms with Crippen molar-refractivity contribution in [2.24, 2.45) is 0 Å². The van der Waals surface area contributed by atoms with Gasteiger partial charge in [-0.15, -0.1) is 0 Å². The summed E-state index contributed by atoms with van der Waals surface area (Å²) in [6.45, 7) is 1.89. The standard InChI is InChI=1S/C12H16BrNO2S/c1-9-4-2-5-10(8-9)17(15,16)14-12-7-3-6-11(12)13/h2,4-5,8,11-12,14H,3,6-7H2,1H3. The summed E-state index contributed by atoms with van der Waals surface area (Å²) in [7, 11) is -3.38. The molecule has 1 aromatic rings. The Morgan fingerprint density at radius 2 is 2.12 bits per heavy atom. The summed E-state index contributed by atoms with van der Waals surface area (Å²) in [4.78, 5) is 0.603. The highest BCUT2D eigenvalue weighted by Crippen LogP contribution is 2.27. The van der Waals surface area contributed by atoms with Crippen LogP contribution < -0.4 is 4.72 Å². The highest BCUT2D eigenvalue weighted by Gasteiger charge is 2.29. The summed E-state index contributed by atoms with van der Waals surface area (Å²) in [5, 5.41) is 0. The van der Waals surface area contributed by atoms with Crippen LogP contribution in [0.15, 0.2) is 29.2 Å². The maximum absolute atomic E-state index is 12.2. The van der Waals surface area contributed by atoms with Crippen LogP contribution >= 0.6 is 15.9 Å². The van der Waals surface area contributed by atoms with E-state index in [2.05, 4.69) is 20.7 Å². The molecule has 94 valence electrons. The largest absolute Gasteiger partial charge is 0.240 e. The number of benzene rings is 1. The van der Waals surface area contributed by atoms with E-state index >= 15 is 0 Å². The van der Waals surface area contributed by atoms with E-state index in [1.54, 1.807) is 18.2 Å². The molecule has 2 unspecified atom stereocenters. The molecular weight excluding hydrogens is 302 g/mol. The zero-order valence-corrected chi connectivity index (χ0v) is 12.1. The number of nitrogens with one attached hydrogen (secondary N) is 1. The number of hydrogen-bond acceptors (Lipinski definition) is 2. The molecule has 2 rings (SSSR count). The Balaban J connectivity index is 2.19. The molecule has 3 nitrogen and oxygen atoms in total. The maximum Gasteiger partial charge on any atom is 0.240 e. The van der Waals surface area contributed by atoms with Gasteiger partial charge in [0.05, 0.1) is 4.90 Å². The van der Waals surface area contributed by atoms with Crippen molar-refractivity contribution < 1.29 is 8.42 Å². The Labute approximate surface area is 111 Å². The fraction of sp³-hybridized carbons (Fsp3) is 0.500. The van der Waals surface area contributed by atoms with Crippen LogP contribution in [0.1, 0.15) is 24.8 Å². The number of halogens is 1. The number of rotatable bonds is 3. The van der Waals surface area contributed by atoms with Gasteiger partial charge in [0.25, 0.3) is 0 Å². The average molecular weight is 318 g/mol. The fourth-order valence-electron chi connectivity index (χ4n) is 2.10. The molecule has 2 atom stereocenters. The van der Waals surface area contributed by atoms with Crippen LogP contribution in [0.5, 0.6) is 0 Å². The van der Waals surface area contributed by atoms with Gasteiger partial charge in [-0.25, -0.2) is 13.1 Å². The fourth-order valence-corrected chi connectivity index (χ4v) is 4.41. The molecule has 1 aliphatic rings. The molecule has 0 bridgehead atoms. The second-order valence-corrected chi connectivity index (χ2v) is 7.38. The molecule has 17 heavy (non-hydrogen) atoms. The van der Waals surface area contributed by atoms with Gasteiger partial charge in [0.2, 0.25) is 10.0 Å². The summed E-state index contributed by atoms with van der Waals surface area (Å²) in [5.74, 6) is 0. The van der Waals surface area contributed by atoms with E-state index in [1.807, 2.05) is 13.0 Å². The molecule has 1 saturated carbocycles. The van der Waals surface area contributed by atoms with Crippen molar-refractivity contribution in [1.29, 1.82) is 0 Å². The Morgan fingerprint density at radius 3 is 2.71 bits per heavy atom. The molecule has 1 aromatic carbocycles. The topological polar surface area (TPSA) is 46.2 Å². The molecule has 0 saturated heterocycles. The smallest absolute Gasteiger partial charge is 0.207 e. The molecule has 0 amide bonds. The molecule has 0 aliphatic heterocycles. The molecule has 0 spiro atoms. The van der Waals surface area contributed by atoms with Gasteiger partial charge in [0, 0.05) is 10.9 Å². The molecule has 0 heterocycles. The first-order valence-corrected chi connectivity index (χ1v) is 8.12. The highest BCUT2D eigenvalue weighted by atomic mass is 79.9. The number of aryl methyl sites for hydroxylation is 1. The summed E-state index contributed by atoms with van der Waals surface area (Å²) in [6.07, 6.45) is 3.00. The quantitative estimate of drug-likeness (QED) is 0.871. The van der Waals surface area contributed by atoms with Crippen LogP contribution in [0.2, 0.25) is 0 Å². The van der Waals surface area contributed by atoms with Crippen LogP contribution in [-0.2, 0) is 10.0 Å². The number of sulfonamides is 1. The van der Waals surface area contributed by atoms with Crippen molar-refractivity contribution in [3.05, 3.63) is 29.8 Å². The lowest BCUT2D eigenvalue weighted by Crippen LogP contribution is -2.37. The Hall–Kier alpha value is -0.390. The van der Waals surface area contributed by atoms with Crippen molar-refractivity contribution in [3.63, 3.8) is 0 Å². The first-order chi connectivity index (χ1) is 7.99. The van der Waals surface area contributed by atoms with Crippen LogP contribution in [0.3, 0.4) is 0 Å². The van der Waals surface area contributed by atoms with E-state index in [0.717, 1.165) is 24.8 Å². The molecule has 0 radical (unpaired) electrons. The SMILES string of the molecule is Cc1cccc(S(=O)(=O)NC2CCCC2Br)c1. The molecule has 1 aliphatic carbocycles. The van der Waals surface area contributed by atoms with Crippen molar-refractivity contribution in [2.45, 2.75) is 42.0 Å². The Morgan fingerprint density at radius 1 is 1.35 bits per heavy atom. The molecular formula is C12H16BrNO2S. The summed E-state index contributed by atoms with van der Waals surface area (Å²) < 4.78 is 27.1. The maximum atomic E-state index is 12.2. The monoisotopic (exact) mass is 317 g/mol. The van der Waals surface area contributed by atoms with Gasteiger partial charge in [0.1, 0.15) is 0 Å². The Kier molecular flexibility index (Phi) is 3.90. The minimum Gasteiger partial charge on any atom is -0.207 e. The van der Waals surface area contributed by atoms with E-state index in [1.165, 1.54) is 0 Å². The van der Waals surface area contributed by atoms with E-state index < -0.39 is 10.0 Å². The summed E-state index contributed by atoms with van der Waals surface area (Å²) in [5.41, 5.74) is 0.953. The minimum atomic E-state index is -3.38. The predicted molar refractivity (Wildman–Crippen MR) is 71.9 cm³/mol. The van der Waals surface area contributed by atoms with Crippen molar-refractivity contribution >= 4 is 26.0 Å². The minimum absolute atomic E-state index is 0.0144. The van der Waals surface area contributed by atoms with Crippen molar-refractivity contribution in [2.75, 3.05) is 0 Å². The second kappa shape index (κ2) is 5.08. The Bertz CT molecular complexity index is 501. The zero-order chi connectivity index (χ0) is 12.5. The normalized spacial score (nSPS) is 25.1. The molecule has 0 aromatic heterocycles. The van der Waals surface area contributed by atoms with Crippen LogP contribution in [-0.4, -0.2) is 19.3 Å². The summed E-state index contributed by atoms with van der Waals surface area (Å²) >= 11 is 3.52. The van der Waals surface area contributed by atoms with Crippen LogP contribution in [0.4, 0.5) is 0 Å². The lowest BCUT2D eigenvalue weighted by molar-refractivity contribution is 0.556. The first kappa shape index (κ1) is 13.1. The highest BCUT2D eigenvalue weighted by molar-refractivity contribution is 9.09. The third-order valence-corrected chi connectivity index (χ3v) is 5.62. The molecule has 1 fully saturated rings. The van der Waals surface area contributed by atoms with Crippen molar-refractivity contribution in [1.82, 2.24) is 4.72 Å². The first-order valence-electron chi connectivity index (χ1n) is 5.72. The van der Waals surface area contributed by atoms with Gasteiger partial charge >= 0.3 is 0 Å². The van der Waals surface area contributed by atoms with Crippen LogP contribution in [0, 0.1) is 6.92 Å². The zero-order valence-electron chi connectivity index (χ0n) is 9.69. The van der Waals surface area contributed by atoms with E-state index in [-0.39, 0.29) is 10.9 Å². The van der Waals surface area contributed by atoms with Gasteiger partial charge in [0.15, 0.2) is 0 Å². The third-order valence-electron chi connectivity index (χ3n) is 3.04. The average Bonchev–Trinajstić information content (AvgIpc) is 2.64. The van der Waals surface area contributed by atoms with Crippen LogP contribution in [0.25, 0.3) is 0 Å². The lowest BCUT2D eigenvalue weighted by Gasteiger charge is -2.16.